The number of nitrogens with one attached hydrogen (secondary N) is 1. The standard InChI is InChI=1S/C17H18ClN3O2/c1-2-3-6-21-17(23)14-5-7-19-11-13(14)9-15(22)12-4-8-20-16(18)10-12/h4-5,7-8,10-11H,2-3,6,9H2,1H3,(H,21,23). The molecule has 2 heterocycles. The molecular formula is C17H18ClN3O2. The Kier molecular flexibility index (Phi) is 6.23. The monoisotopic (exact) mass is 331 g/mol. The van der Waals surface area contributed by atoms with E-state index in [2.05, 4.69) is 22.2 Å². The van der Waals surface area contributed by atoms with Crippen molar-refractivity contribution in [3.05, 3.63) is 58.6 Å². The minimum absolute atomic E-state index is 0.0880. The second kappa shape index (κ2) is 8.39. The van der Waals surface area contributed by atoms with Crippen molar-refractivity contribution in [3.8, 4) is 0 Å². The van der Waals surface area contributed by atoms with E-state index in [1.807, 2.05) is 0 Å². The van der Waals surface area contributed by atoms with Gasteiger partial charge in [0.2, 0.25) is 0 Å². The van der Waals surface area contributed by atoms with Crippen molar-refractivity contribution in [3.63, 3.8) is 0 Å². The number of hydrogen-bond donors (Lipinski definition) is 1. The van der Waals surface area contributed by atoms with Crippen LogP contribution in [-0.2, 0) is 6.42 Å². The Balaban J connectivity index is 2.14. The fourth-order valence-corrected chi connectivity index (χ4v) is 2.29. The average molecular weight is 332 g/mol. The number of nitrogens with zero attached hydrogens (tertiary/aromatic N) is 2. The van der Waals surface area contributed by atoms with Crippen molar-refractivity contribution in [1.29, 1.82) is 0 Å². The Hall–Kier alpha value is -2.27. The zero-order chi connectivity index (χ0) is 16.7. The predicted octanol–water partition coefficient (Wildman–Crippen LogP) is 3.09. The maximum Gasteiger partial charge on any atom is 0.251 e. The minimum Gasteiger partial charge on any atom is -0.352 e. The number of halogens is 1. The molecule has 0 spiro atoms. The van der Waals surface area contributed by atoms with Gasteiger partial charge in [0.25, 0.3) is 5.91 Å². The molecule has 0 aliphatic rings. The van der Waals surface area contributed by atoms with Gasteiger partial charge in [-0.3, -0.25) is 14.6 Å². The van der Waals surface area contributed by atoms with Crippen molar-refractivity contribution >= 4 is 23.3 Å². The lowest BCUT2D eigenvalue weighted by Gasteiger charge is -2.09. The molecule has 2 aromatic rings. The van der Waals surface area contributed by atoms with Crippen LogP contribution in [0.4, 0.5) is 0 Å². The van der Waals surface area contributed by atoms with E-state index < -0.39 is 0 Å². The molecular weight excluding hydrogens is 314 g/mol. The van der Waals surface area contributed by atoms with E-state index in [4.69, 9.17) is 11.6 Å². The largest absolute Gasteiger partial charge is 0.352 e. The molecule has 0 unspecified atom stereocenters. The number of carbonyl (C=O) groups excluding carboxylic acids is 2. The highest BCUT2D eigenvalue weighted by Crippen LogP contribution is 2.14. The number of aromatic nitrogens is 2. The van der Waals surface area contributed by atoms with Gasteiger partial charge in [0, 0.05) is 42.7 Å². The van der Waals surface area contributed by atoms with Crippen molar-refractivity contribution in [2.24, 2.45) is 0 Å². The van der Waals surface area contributed by atoms with E-state index in [1.54, 1.807) is 24.5 Å². The molecule has 0 fully saturated rings. The van der Waals surface area contributed by atoms with Crippen molar-refractivity contribution in [2.75, 3.05) is 6.54 Å². The first-order valence-electron chi connectivity index (χ1n) is 7.47. The fraction of sp³-hybridized carbons (Fsp3) is 0.294. The lowest BCUT2D eigenvalue weighted by molar-refractivity contribution is 0.0952. The summed E-state index contributed by atoms with van der Waals surface area (Å²) in [4.78, 5) is 32.5. The second-order valence-electron chi connectivity index (χ2n) is 5.11. The van der Waals surface area contributed by atoms with Gasteiger partial charge in [-0.1, -0.05) is 24.9 Å². The molecule has 120 valence electrons. The number of unbranched alkanes of at least 4 members (excludes halogenated alkanes) is 1. The lowest BCUT2D eigenvalue weighted by Crippen LogP contribution is -2.26. The van der Waals surface area contributed by atoms with E-state index in [0.29, 0.717) is 23.2 Å². The molecule has 0 saturated heterocycles. The van der Waals surface area contributed by atoms with Gasteiger partial charge >= 0.3 is 0 Å². The van der Waals surface area contributed by atoms with Gasteiger partial charge in [-0.15, -0.1) is 0 Å². The Labute approximate surface area is 140 Å². The van der Waals surface area contributed by atoms with Crippen LogP contribution < -0.4 is 5.32 Å². The molecule has 2 aromatic heterocycles. The Morgan fingerprint density at radius 2 is 2.09 bits per heavy atom. The highest BCUT2D eigenvalue weighted by molar-refractivity contribution is 6.29. The van der Waals surface area contributed by atoms with Crippen molar-refractivity contribution in [1.82, 2.24) is 15.3 Å². The maximum atomic E-state index is 12.4. The third-order valence-electron chi connectivity index (χ3n) is 3.36. The summed E-state index contributed by atoms with van der Waals surface area (Å²) in [6, 6.07) is 4.75. The zero-order valence-electron chi connectivity index (χ0n) is 12.9. The highest BCUT2D eigenvalue weighted by Gasteiger charge is 2.15. The van der Waals surface area contributed by atoms with Crippen LogP contribution in [0.1, 0.15) is 46.0 Å². The first-order valence-corrected chi connectivity index (χ1v) is 7.85. The van der Waals surface area contributed by atoms with Gasteiger partial charge in [-0.05, 0) is 30.2 Å². The van der Waals surface area contributed by atoms with Gasteiger partial charge in [-0.25, -0.2) is 4.98 Å². The van der Waals surface area contributed by atoms with Crippen LogP contribution in [0, 0.1) is 0 Å². The van der Waals surface area contributed by atoms with Gasteiger partial charge in [0.1, 0.15) is 5.15 Å². The third-order valence-corrected chi connectivity index (χ3v) is 3.57. The van der Waals surface area contributed by atoms with E-state index in [0.717, 1.165) is 12.8 Å². The summed E-state index contributed by atoms with van der Waals surface area (Å²) in [6.45, 7) is 2.67. The summed E-state index contributed by atoms with van der Waals surface area (Å²) in [7, 11) is 0. The van der Waals surface area contributed by atoms with Crippen LogP contribution in [0.5, 0.6) is 0 Å². The number of amides is 1. The Morgan fingerprint density at radius 1 is 1.26 bits per heavy atom. The number of pyridine rings is 2. The van der Waals surface area contributed by atoms with Crippen LogP contribution in [-0.4, -0.2) is 28.2 Å². The summed E-state index contributed by atoms with van der Waals surface area (Å²) < 4.78 is 0. The molecule has 6 heteroatoms. The summed E-state index contributed by atoms with van der Waals surface area (Å²) in [5, 5.41) is 3.12. The molecule has 1 amide bonds. The summed E-state index contributed by atoms with van der Waals surface area (Å²) in [5.74, 6) is -0.318. The SMILES string of the molecule is CCCCNC(=O)c1ccncc1CC(=O)c1ccnc(Cl)c1. The number of carbonyl (C=O) groups is 2. The maximum absolute atomic E-state index is 12.4. The predicted molar refractivity (Wildman–Crippen MR) is 88.8 cm³/mol. The quantitative estimate of drug-likeness (QED) is 0.481. The second-order valence-corrected chi connectivity index (χ2v) is 5.50. The molecule has 0 radical (unpaired) electrons. The van der Waals surface area contributed by atoms with E-state index in [9.17, 15) is 9.59 Å². The van der Waals surface area contributed by atoms with E-state index >= 15 is 0 Å². The fourth-order valence-electron chi connectivity index (χ4n) is 2.11. The van der Waals surface area contributed by atoms with Crippen molar-refractivity contribution < 1.29 is 9.59 Å². The number of hydrogen-bond acceptors (Lipinski definition) is 4. The van der Waals surface area contributed by atoms with Crippen LogP contribution in [0.15, 0.2) is 36.8 Å². The molecule has 0 aliphatic heterocycles. The molecule has 23 heavy (non-hydrogen) atoms. The summed E-state index contributed by atoms with van der Waals surface area (Å²) in [6.07, 6.45) is 6.59. The summed E-state index contributed by atoms with van der Waals surface area (Å²) >= 11 is 5.80. The molecule has 2 rings (SSSR count). The molecule has 5 nitrogen and oxygen atoms in total. The first kappa shape index (κ1) is 17.1. The zero-order valence-corrected chi connectivity index (χ0v) is 13.6. The number of ketones is 1. The molecule has 0 aliphatic carbocycles. The van der Waals surface area contributed by atoms with Gasteiger partial charge in [-0.2, -0.15) is 0 Å². The van der Waals surface area contributed by atoms with E-state index in [1.165, 1.54) is 12.3 Å². The van der Waals surface area contributed by atoms with E-state index in [-0.39, 0.29) is 23.3 Å². The van der Waals surface area contributed by atoms with Crippen LogP contribution in [0.2, 0.25) is 5.15 Å². The van der Waals surface area contributed by atoms with Gasteiger partial charge in [0.05, 0.1) is 0 Å². The smallest absolute Gasteiger partial charge is 0.251 e. The Morgan fingerprint density at radius 3 is 2.83 bits per heavy atom. The molecule has 0 bridgehead atoms. The minimum atomic E-state index is -0.184. The number of Topliss-reactive ketones (excluding diaryl/α,β-unsaturated/α-hetero) is 1. The van der Waals surface area contributed by atoms with Crippen molar-refractivity contribution in [2.45, 2.75) is 26.2 Å². The van der Waals surface area contributed by atoms with Crippen LogP contribution >= 0.6 is 11.6 Å². The normalized spacial score (nSPS) is 10.3. The molecule has 0 saturated carbocycles. The van der Waals surface area contributed by atoms with Crippen LogP contribution in [0.25, 0.3) is 0 Å². The first-order chi connectivity index (χ1) is 11.1. The lowest BCUT2D eigenvalue weighted by atomic mass is 10.0. The molecule has 1 N–H and O–H groups in total. The highest BCUT2D eigenvalue weighted by atomic mass is 35.5. The van der Waals surface area contributed by atoms with Gasteiger partial charge < -0.3 is 5.32 Å². The third kappa shape index (κ3) is 4.86. The van der Waals surface area contributed by atoms with Crippen LogP contribution in [0.3, 0.4) is 0 Å². The Bertz CT molecular complexity index is 704. The number of rotatable bonds is 7. The average Bonchev–Trinajstić information content (AvgIpc) is 2.55. The molecule has 0 aromatic carbocycles. The van der Waals surface area contributed by atoms with Gasteiger partial charge in [0.15, 0.2) is 5.78 Å². The molecule has 0 atom stereocenters. The topological polar surface area (TPSA) is 72.0 Å². The summed E-state index contributed by atoms with van der Waals surface area (Å²) in [5.41, 5.74) is 1.54.